The second-order valence-electron chi connectivity index (χ2n) is 8.40. The van der Waals surface area contributed by atoms with Crippen LogP contribution in [0.15, 0.2) is 53.3 Å². The molecule has 0 saturated heterocycles. The Bertz CT molecular complexity index is 1200. The Morgan fingerprint density at radius 3 is 2.70 bits per heavy atom. The van der Waals surface area contributed by atoms with E-state index >= 15 is 0 Å². The SMILES string of the molecule is CCCN1CCc2nc(-c3ccccc3)n(CC(=O)Nc3cc(C)ccc3OC)c(=O)c2C1. The van der Waals surface area contributed by atoms with Gasteiger partial charge in [-0.25, -0.2) is 4.98 Å². The van der Waals surface area contributed by atoms with Gasteiger partial charge in [-0.05, 0) is 37.6 Å². The molecule has 0 unspecified atom stereocenters. The zero-order chi connectivity index (χ0) is 23.4. The van der Waals surface area contributed by atoms with Crippen molar-refractivity contribution in [1.29, 1.82) is 0 Å². The molecule has 4 rings (SSSR count). The number of benzene rings is 2. The summed E-state index contributed by atoms with van der Waals surface area (Å²) in [6.07, 6.45) is 1.76. The van der Waals surface area contributed by atoms with Gasteiger partial charge in [0.2, 0.25) is 5.91 Å². The number of ether oxygens (including phenoxy) is 1. The number of nitrogens with zero attached hydrogens (tertiary/aromatic N) is 3. The summed E-state index contributed by atoms with van der Waals surface area (Å²) < 4.78 is 6.88. The largest absolute Gasteiger partial charge is 0.495 e. The zero-order valence-electron chi connectivity index (χ0n) is 19.4. The zero-order valence-corrected chi connectivity index (χ0v) is 19.4. The molecule has 1 N–H and O–H groups in total. The van der Waals surface area contributed by atoms with E-state index in [1.807, 2.05) is 55.5 Å². The number of carbonyl (C=O) groups is 1. The Hall–Kier alpha value is -3.45. The topological polar surface area (TPSA) is 76.5 Å². The minimum absolute atomic E-state index is 0.131. The maximum Gasteiger partial charge on any atom is 0.259 e. The van der Waals surface area contributed by atoms with E-state index in [1.54, 1.807) is 7.11 Å². The van der Waals surface area contributed by atoms with Gasteiger partial charge in [0, 0.05) is 25.1 Å². The number of fused-ring (bicyclic) bond motifs is 1. The van der Waals surface area contributed by atoms with E-state index in [-0.39, 0.29) is 18.0 Å². The number of carbonyl (C=O) groups excluding carboxylic acids is 1. The molecule has 3 aromatic rings. The van der Waals surface area contributed by atoms with Crippen LogP contribution in [0.5, 0.6) is 5.75 Å². The lowest BCUT2D eigenvalue weighted by Gasteiger charge is -2.28. The lowest BCUT2D eigenvalue weighted by Crippen LogP contribution is -2.40. The Morgan fingerprint density at radius 2 is 1.97 bits per heavy atom. The van der Waals surface area contributed by atoms with Crippen molar-refractivity contribution in [2.24, 2.45) is 0 Å². The molecule has 2 heterocycles. The average molecular weight is 447 g/mol. The Labute approximate surface area is 194 Å². The number of aromatic nitrogens is 2. The third-order valence-electron chi connectivity index (χ3n) is 5.90. The summed E-state index contributed by atoms with van der Waals surface area (Å²) in [5, 5.41) is 2.90. The molecule has 7 nitrogen and oxygen atoms in total. The number of amides is 1. The van der Waals surface area contributed by atoms with Crippen LogP contribution in [0.3, 0.4) is 0 Å². The first kappa shape index (κ1) is 22.7. The number of aryl methyl sites for hydroxylation is 1. The van der Waals surface area contributed by atoms with Crippen LogP contribution in [-0.4, -0.2) is 40.6 Å². The molecule has 33 heavy (non-hydrogen) atoms. The standard InChI is InChI=1S/C26H30N4O3/c1-4-13-29-14-12-21-20(16-29)26(32)30(25(28-21)19-8-6-5-7-9-19)17-24(31)27-22-15-18(2)10-11-23(22)33-3/h5-11,15H,4,12-14,16-17H2,1-3H3,(H,27,31). The summed E-state index contributed by atoms with van der Waals surface area (Å²) in [4.78, 5) is 33.8. The monoisotopic (exact) mass is 446 g/mol. The van der Waals surface area contributed by atoms with Gasteiger partial charge in [0.15, 0.2) is 0 Å². The van der Waals surface area contributed by atoms with Gasteiger partial charge in [0.1, 0.15) is 18.1 Å². The van der Waals surface area contributed by atoms with Gasteiger partial charge >= 0.3 is 0 Å². The number of rotatable bonds is 7. The Balaban J connectivity index is 1.72. The molecule has 1 aromatic heterocycles. The van der Waals surface area contributed by atoms with Crippen molar-refractivity contribution in [3.05, 3.63) is 75.7 Å². The van der Waals surface area contributed by atoms with Crippen LogP contribution < -0.4 is 15.6 Å². The molecular formula is C26H30N4O3. The predicted octanol–water partition coefficient (Wildman–Crippen LogP) is 3.63. The van der Waals surface area contributed by atoms with Gasteiger partial charge in [0.25, 0.3) is 5.56 Å². The fourth-order valence-electron chi connectivity index (χ4n) is 4.28. The lowest BCUT2D eigenvalue weighted by atomic mass is 10.1. The van der Waals surface area contributed by atoms with Crippen molar-refractivity contribution in [3.8, 4) is 17.1 Å². The van der Waals surface area contributed by atoms with Gasteiger partial charge in [-0.15, -0.1) is 0 Å². The number of nitrogens with one attached hydrogen (secondary N) is 1. The van der Waals surface area contributed by atoms with E-state index in [4.69, 9.17) is 9.72 Å². The second kappa shape index (κ2) is 10.0. The van der Waals surface area contributed by atoms with Crippen LogP contribution in [0.2, 0.25) is 0 Å². The molecule has 0 atom stereocenters. The molecule has 1 amide bonds. The van der Waals surface area contributed by atoms with Crippen molar-refractivity contribution in [2.45, 2.75) is 39.8 Å². The summed E-state index contributed by atoms with van der Waals surface area (Å²) in [6, 6.07) is 15.2. The molecule has 0 bridgehead atoms. The van der Waals surface area contributed by atoms with Crippen molar-refractivity contribution >= 4 is 11.6 Å². The summed E-state index contributed by atoms with van der Waals surface area (Å²) in [5.74, 6) is 0.791. The Morgan fingerprint density at radius 1 is 1.18 bits per heavy atom. The first-order valence-electron chi connectivity index (χ1n) is 11.3. The van der Waals surface area contributed by atoms with Crippen molar-refractivity contribution in [1.82, 2.24) is 14.5 Å². The molecule has 172 valence electrons. The molecule has 1 aliphatic heterocycles. The molecule has 0 saturated carbocycles. The third kappa shape index (κ3) is 4.98. The third-order valence-corrected chi connectivity index (χ3v) is 5.90. The highest BCUT2D eigenvalue weighted by Gasteiger charge is 2.24. The molecule has 0 radical (unpaired) electrons. The quantitative estimate of drug-likeness (QED) is 0.600. The number of hydrogen-bond acceptors (Lipinski definition) is 5. The lowest BCUT2D eigenvalue weighted by molar-refractivity contribution is -0.116. The minimum atomic E-state index is -0.304. The van der Waals surface area contributed by atoms with Gasteiger partial charge in [-0.1, -0.05) is 43.3 Å². The molecule has 2 aromatic carbocycles. The summed E-state index contributed by atoms with van der Waals surface area (Å²) in [6.45, 7) is 6.34. The Kier molecular flexibility index (Phi) is 6.89. The second-order valence-corrected chi connectivity index (χ2v) is 8.40. The van der Waals surface area contributed by atoms with Crippen LogP contribution in [0.1, 0.15) is 30.2 Å². The highest BCUT2D eigenvalue weighted by atomic mass is 16.5. The van der Waals surface area contributed by atoms with E-state index in [0.29, 0.717) is 29.4 Å². The summed E-state index contributed by atoms with van der Waals surface area (Å²) >= 11 is 0. The van der Waals surface area contributed by atoms with E-state index in [1.165, 1.54) is 4.57 Å². The molecule has 7 heteroatoms. The van der Waals surface area contributed by atoms with Gasteiger partial charge in [0.05, 0.1) is 24.1 Å². The molecule has 0 fully saturated rings. The maximum atomic E-state index is 13.6. The maximum absolute atomic E-state index is 13.6. The van der Waals surface area contributed by atoms with Crippen LogP contribution in [-0.2, 0) is 24.3 Å². The van der Waals surface area contributed by atoms with Crippen LogP contribution in [0, 0.1) is 6.92 Å². The van der Waals surface area contributed by atoms with E-state index in [0.717, 1.165) is 42.8 Å². The van der Waals surface area contributed by atoms with E-state index in [2.05, 4.69) is 17.1 Å². The fourth-order valence-corrected chi connectivity index (χ4v) is 4.28. The summed E-state index contributed by atoms with van der Waals surface area (Å²) in [5.41, 5.74) is 3.77. The fraction of sp³-hybridized carbons (Fsp3) is 0.346. The number of hydrogen-bond donors (Lipinski definition) is 1. The van der Waals surface area contributed by atoms with Crippen LogP contribution >= 0.6 is 0 Å². The molecule has 0 aliphatic carbocycles. The van der Waals surface area contributed by atoms with Gasteiger partial charge in [-0.3, -0.25) is 19.1 Å². The molecule has 1 aliphatic rings. The van der Waals surface area contributed by atoms with E-state index in [9.17, 15) is 9.59 Å². The van der Waals surface area contributed by atoms with Crippen molar-refractivity contribution in [3.63, 3.8) is 0 Å². The van der Waals surface area contributed by atoms with E-state index < -0.39 is 0 Å². The molecular weight excluding hydrogens is 416 g/mol. The van der Waals surface area contributed by atoms with Crippen LogP contribution in [0.4, 0.5) is 5.69 Å². The predicted molar refractivity (Wildman–Crippen MR) is 130 cm³/mol. The smallest absolute Gasteiger partial charge is 0.259 e. The highest BCUT2D eigenvalue weighted by molar-refractivity contribution is 5.92. The first-order valence-corrected chi connectivity index (χ1v) is 11.3. The molecule has 0 spiro atoms. The normalized spacial score (nSPS) is 13.4. The minimum Gasteiger partial charge on any atom is -0.495 e. The van der Waals surface area contributed by atoms with Crippen molar-refractivity contribution < 1.29 is 9.53 Å². The first-order chi connectivity index (χ1) is 16.0. The van der Waals surface area contributed by atoms with Crippen molar-refractivity contribution in [2.75, 3.05) is 25.5 Å². The van der Waals surface area contributed by atoms with Gasteiger partial charge < -0.3 is 10.1 Å². The van der Waals surface area contributed by atoms with Gasteiger partial charge in [-0.2, -0.15) is 0 Å². The average Bonchev–Trinajstić information content (AvgIpc) is 2.82. The summed E-state index contributed by atoms with van der Waals surface area (Å²) in [7, 11) is 1.56. The number of methoxy groups -OCH3 is 1. The highest BCUT2D eigenvalue weighted by Crippen LogP contribution is 2.26. The number of anilines is 1. The van der Waals surface area contributed by atoms with Crippen LogP contribution in [0.25, 0.3) is 11.4 Å².